The van der Waals surface area contributed by atoms with Gasteiger partial charge in [-0.1, -0.05) is 6.92 Å². The van der Waals surface area contributed by atoms with Gasteiger partial charge < -0.3 is 21.9 Å². The Labute approximate surface area is 99.5 Å². The van der Waals surface area contributed by atoms with Crippen molar-refractivity contribution in [3.05, 3.63) is 0 Å². The van der Waals surface area contributed by atoms with Crippen molar-refractivity contribution >= 4 is 17.7 Å². The van der Waals surface area contributed by atoms with Crippen LogP contribution in [0.2, 0.25) is 0 Å². The number of hydrogen-bond acceptors (Lipinski definition) is 5. The lowest BCUT2D eigenvalue weighted by Gasteiger charge is -2.15. The molecular weight excluding hydrogens is 226 g/mol. The summed E-state index contributed by atoms with van der Waals surface area (Å²) in [6.45, 7) is 2.91. The van der Waals surface area contributed by atoms with E-state index in [0.29, 0.717) is 0 Å². The molecule has 0 saturated heterocycles. The molecule has 98 valence electrons. The zero-order valence-electron chi connectivity index (χ0n) is 9.97. The predicted octanol–water partition coefficient (Wildman–Crippen LogP) is -1.54. The van der Waals surface area contributed by atoms with Crippen molar-refractivity contribution in [3.8, 4) is 0 Å². The Bertz CT molecular complexity index is 306. The third-order valence-corrected chi connectivity index (χ3v) is 2.35. The Morgan fingerprint density at radius 1 is 1.29 bits per heavy atom. The first kappa shape index (κ1) is 15.5. The predicted molar refractivity (Wildman–Crippen MR) is 61.1 cm³/mol. The Morgan fingerprint density at radius 2 is 1.82 bits per heavy atom. The van der Waals surface area contributed by atoms with Gasteiger partial charge in [0.05, 0.1) is 6.04 Å². The van der Waals surface area contributed by atoms with E-state index in [4.69, 9.17) is 16.6 Å². The van der Waals surface area contributed by atoms with E-state index in [9.17, 15) is 14.4 Å². The molecule has 1 unspecified atom stereocenters. The summed E-state index contributed by atoms with van der Waals surface area (Å²) in [5.41, 5.74) is 10.6. The van der Waals surface area contributed by atoms with Crippen LogP contribution < -0.4 is 16.8 Å². The zero-order valence-corrected chi connectivity index (χ0v) is 9.97. The summed E-state index contributed by atoms with van der Waals surface area (Å²) < 4.78 is 0. The number of rotatable bonds is 7. The Hall–Kier alpha value is -1.47. The SMILES string of the molecule is C[C@H](CC(=O)C(N)CN)C(=O)N[C@@H](C)C(=O)O. The fourth-order valence-electron chi connectivity index (χ4n) is 1.09. The standard InChI is InChI=1S/C10H19N3O4/c1-5(3-8(14)7(12)4-11)9(15)13-6(2)10(16)17/h5-7H,3-4,11-12H2,1-2H3,(H,13,15)(H,16,17)/t5-,6+,7?/m1/s1. The Morgan fingerprint density at radius 3 is 2.24 bits per heavy atom. The average Bonchev–Trinajstić information content (AvgIpc) is 2.27. The minimum atomic E-state index is -1.13. The number of amides is 1. The van der Waals surface area contributed by atoms with Gasteiger partial charge in [0.1, 0.15) is 6.04 Å². The molecule has 7 heteroatoms. The molecule has 3 atom stereocenters. The molecule has 0 heterocycles. The second-order valence-corrected chi connectivity index (χ2v) is 3.98. The van der Waals surface area contributed by atoms with Gasteiger partial charge in [0.2, 0.25) is 5.91 Å². The van der Waals surface area contributed by atoms with Crippen LogP contribution in [0.5, 0.6) is 0 Å². The summed E-state index contributed by atoms with van der Waals surface area (Å²) >= 11 is 0. The molecule has 0 saturated carbocycles. The molecule has 0 aromatic carbocycles. The summed E-state index contributed by atoms with van der Waals surface area (Å²) in [6.07, 6.45) is -0.0451. The third-order valence-electron chi connectivity index (χ3n) is 2.35. The molecule has 0 aliphatic carbocycles. The van der Waals surface area contributed by atoms with Crippen LogP contribution in [-0.4, -0.2) is 41.4 Å². The van der Waals surface area contributed by atoms with E-state index in [-0.39, 0.29) is 18.7 Å². The molecule has 0 aliphatic rings. The fraction of sp³-hybridized carbons (Fsp3) is 0.700. The van der Waals surface area contributed by atoms with Crippen LogP contribution in [0.1, 0.15) is 20.3 Å². The summed E-state index contributed by atoms with van der Waals surface area (Å²) in [5.74, 6) is -2.55. The lowest BCUT2D eigenvalue weighted by atomic mass is 9.99. The smallest absolute Gasteiger partial charge is 0.325 e. The van der Waals surface area contributed by atoms with E-state index >= 15 is 0 Å². The lowest BCUT2D eigenvalue weighted by molar-refractivity contribution is -0.142. The number of aliphatic carboxylic acids is 1. The zero-order chi connectivity index (χ0) is 13.6. The molecule has 1 amide bonds. The van der Waals surface area contributed by atoms with Crippen molar-refractivity contribution in [1.29, 1.82) is 0 Å². The number of hydrogen-bond donors (Lipinski definition) is 4. The quantitative estimate of drug-likeness (QED) is 0.429. The van der Waals surface area contributed by atoms with Crippen LogP contribution in [0.15, 0.2) is 0 Å². The van der Waals surface area contributed by atoms with Crippen molar-refractivity contribution in [1.82, 2.24) is 5.32 Å². The Kier molecular flexibility index (Phi) is 6.37. The normalized spacial score (nSPS) is 15.8. The number of carboxylic acid groups (broad SMARTS) is 1. The monoisotopic (exact) mass is 245 g/mol. The Balaban J connectivity index is 4.23. The number of nitrogens with two attached hydrogens (primary N) is 2. The molecule has 0 spiro atoms. The van der Waals surface area contributed by atoms with Crippen LogP contribution in [0.4, 0.5) is 0 Å². The molecule has 0 aromatic heterocycles. The van der Waals surface area contributed by atoms with E-state index in [2.05, 4.69) is 5.32 Å². The van der Waals surface area contributed by atoms with Crippen molar-refractivity contribution in [2.75, 3.05) is 6.54 Å². The first-order valence-electron chi connectivity index (χ1n) is 5.31. The van der Waals surface area contributed by atoms with E-state index in [1.54, 1.807) is 0 Å². The number of nitrogens with one attached hydrogen (secondary N) is 1. The maximum atomic E-state index is 11.5. The first-order chi connectivity index (χ1) is 7.79. The van der Waals surface area contributed by atoms with Crippen molar-refractivity contribution < 1.29 is 19.5 Å². The highest BCUT2D eigenvalue weighted by Gasteiger charge is 2.23. The van der Waals surface area contributed by atoms with Gasteiger partial charge in [0, 0.05) is 18.9 Å². The third kappa shape index (κ3) is 5.41. The van der Waals surface area contributed by atoms with Gasteiger partial charge in [0.15, 0.2) is 5.78 Å². The highest BCUT2D eigenvalue weighted by Crippen LogP contribution is 2.04. The molecule has 0 fully saturated rings. The number of carbonyl (C=O) groups excluding carboxylic acids is 2. The van der Waals surface area contributed by atoms with Gasteiger partial charge in [-0.3, -0.25) is 14.4 Å². The van der Waals surface area contributed by atoms with E-state index in [1.807, 2.05) is 0 Å². The molecule has 0 rings (SSSR count). The van der Waals surface area contributed by atoms with E-state index in [1.165, 1.54) is 13.8 Å². The molecule has 0 aromatic rings. The van der Waals surface area contributed by atoms with Crippen molar-refractivity contribution in [2.45, 2.75) is 32.4 Å². The van der Waals surface area contributed by atoms with Crippen LogP contribution in [-0.2, 0) is 14.4 Å². The van der Waals surface area contributed by atoms with Gasteiger partial charge in [-0.25, -0.2) is 0 Å². The van der Waals surface area contributed by atoms with Crippen LogP contribution in [0.3, 0.4) is 0 Å². The van der Waals surface area contributed by atoms with Gasteiger partial charge in [-0.15, -0.1) is 0 Å². The minimum absolute atomic E-state index is 0.0265. The summed E-state index contributed by atoms with van der Waals surface area (Å²) in [7, 11) is 0. The van der Waals surface area contributed by atoms with Crippen LogP contribution in [0, 0.1) is 5.92 Å². The molecule has 17 heavy (non-hydrogen) atoms. The van der Waals surface area contributed by atoms with Gasteiger partial charge in [-0.2, -0.15) is 0 Å². The molecular formula is C10H19N3O4. The van der Waals surface area contributed by atoms with E-state index < -0.39 is 29.9 Å². The molecule has 7 nitrogen and oxygen atoms in total. The molecule has 0 aliphatic heterocycles. The molecule has 0 radical (unpaired) electrons. The lowest BCUT2D eigenvalue weighted by Crippen LogP contribution is -2.43. The molecule has 6 N–H and O–H groups in total. The summed E-state index contributed by atoms with van der Waals surface area (Å²) in [4.78, 5) is 33.4. The number of Topliss-reactive ketones (excluding diaryl/α,β-unsaturated/α-hetero) is 1. The second kappa shape index (κ2) is 6.97. The van der Waals surface area contributed by atoms with Gasteiger partial charge in [0.25, 0.3) is 0 Å². The number of carboxylic acids is 1. The summed E-state index contributed by atoms with van der Waals surface area (Å²) in [6, 6.07) is -1.76. The van der Waals surface area contributed by atoms with Crippen LogP contribution >= 0.6 is 0 Å². The average molecular weight is 245 g/mol. The fourth-order valence-corrected chi connectivity index (χ4v) is 1.09. The summed E-state index contributed by atoms with van der Waals surface area (Å²) in [5, 5.41) is 10.9. The van der Waals surface area contributed by atoms with Gasteiger partial charge in [-0.05, 0) is 6.92 Å². The van der Waals surface area contributed by atoms with Crippen molar-refractivity contribution in [3.63, 3.8) is 0 Å². The highest BCUT2D eigenvalue weighted by atomic mass is 16.4. The highest BCUT2D eigenvalue weighted by molar-refractivity contribution is 5.91. The number of carbonyl (C=O) groups is 3. The maximum Gasteiger partial charge on any atom is 0.325 e. The second-order valence-electron chi connectivity index (χ2n) is 3.98. The maximum absolute atomic E-state index is 11.5. The molecule has 0 bridgehead atoms. The van der Waals surface area contributed by atoms with E-state index in [0.717, 1.165) is 0 Å². The first-order valence-corrected chi connectivity index (χ1v) is 5.31. The van der Waals surface area contributed by atoms with Crippen molar-refractivity contribution in [2.24, 2.45) is 17.4 Å². The van der Waals surface area contributed by atoms with Gasteiger partial charge >= 0.3 is 5.97 Å². The largest absolute Gasteiger partial charge is 0.480 e. The van der Waals surface area contributed by atoms with Crippen LogP contribution in [0.25, 0.3) is 0 Å². The topological polar surface area (TPSA) is 136 Å². The number of ketones is 1. The minimum Gasteiger partial charge on any atom is -0.480 e.